The van der Waals surface area contributed by atoms with E-state index in [4.69, 9.17) is 4.52 Å². The number of fused-ring (bicyclic) bond motifs is 1. The summed E-state index contributed by atoms with van der Waals surface area (Å²) in [5, 5.41) is 10.2. The molecular formula is C18H20N2O. The molecule has 3 aromatic rings. The average Bonchev–Trinajstić information content (AvgIpc) is 2.83. The Kier molecular flexibility index (Phi) is 3.76. The SMILES string of the molecule is Cc1noc(C)c1CN[C@@H](C)c1cccc2ccccc12. The van der Waals surface area contributed by atoms with E-state index in [2.05, 4.69) is 59.9 Å². The number of nitrogens with zero attached hydrogens (tertiary/aromatic N) is 1. The van der Waals surface area contributed by atoms with Crippen LogP contribution in [0.4, 0.5) is 0 Å². The van der Waals surface area contributed by atoms with Gasteiger partial charge in [-0.05, 0) is 37.1 Å². The maximum Gasteiger partial charge on any atom is 0.138 e. The van der Waals surface area contributed by atoms with Crippen molar-refractivity contribution < 1.29 is 4.52 Å². The third-order valence-corrected chi connectivity index (χ3v) is 4.06. The highest BCUT2D eigenvalue weighted by atomic mass is 16.5. The zero-order valence-corrected chi connectivity index (χ0v) is 12.7. The molecular weight excluding hydrogens is 260 g/mol. The van der Waals surface area contributed by atoms with Crippen LogP contribution in [0.1, 0.15) is 35.5 Å². The van der Waals surface area contributed by atoms with Crippen LogP contribution in [0, 0.1) is 13.8 Å². The van der Waals surface area contributed by atoms with Crippen molar-refractivity contribution in [1.82, 2.24) is 10.5 Å². The van der Waals surface area contributed by atoms with Gasteiger partial charge in [0.1, 0.15) is 5.76 Å². The molecule has 1 aromatic heterocycles. The van der Waals surface area contributed by atoms with Crippen LogP contribution < -0.4 is 5.32 Å². The van der Waals surface area contributed by atoms with E-state index in [1.54, 1.807) is 0 Å². The van der Waals surface area contributed by atoms with Crippen molar-refractivity contribution in [3.05, 3.63) is 65.0 Å². The van der Waals surface area contributed by atoms with Crippen LogP contribution in [0.15, 0.2) is 47.0 Å². The molecule has 0 spiro atoms. The number of rotatable bonds is 4. The normalized spacial score (nSPS) is 12.7. The molecule has 0 unspecified atom stereocenters. The minimum atomic E-state index is 0.268. The van der Waals surface area contributed by atoms with Crippen molar-refractivity contribution in [3.8, 4) is 0 Å². The molecule has 3 rings (SSSR count). The van der Waals surface area contributed by atoms with Gasteiger partial charge in [-0.3, -0.25) is 0 Å². The number of hydrogen-bond donors (Lipinski definition) is 1. The molecule has 0 radical (unpaired) electrons. The maximum absolute atomic E-state index is 5.21. The highest BCUT2D eigenvalue weighted by molar-refractivity contribution is 5.86. The summed E-state index contributed by atoms with van der Waals surface area (Å²) >= 11 is 0. The average molecular weight is 280 g/mol. The maximum atomic E-state index is 5.21. The third kappa shape index (κ3) is 2.69. The van der Waals surface area contributed by atoms with Gasteiger partial charge in [0, 0.05) is 18.2 Å². The van der Waals surface area contributed by atoms with Crippen LogP contribution in [0.25, 0.3) is 10.8 Å². The van der Waals surface area contributed by atoms with Gasteiger partial charge >= 0.3 is 0 Å². The monoisotopic (exact) mass is 280 g/mol. The lowest BCUT2D eigenvalue weighted by Crippen LogP contribution is -2.19. The Labute approximate surface area is 125 Å². The Hall–Kier alpha value is -2.13. The van der Waals surface area contributed by atoms with Gasteiger partial charge in [-0.1, -0.05) is 47.6 Å². The van der Waals surface area contributed by atoms with Crippen molar-refractivity contribution in [2.75, 3.05) is 0 Å². The van der Waals surface area contributed by atoms with Gasteiger partial charge in [0.25, 0.3) is 0 Å². The Morgan fingerprint density at radius 3 is 2.62 bits per heavy atom. The Morgan fingerprint density at radius 1 is 1.10 bits per heavy atom. The lowest BCUT2D eigenvalue weighted by Gasteiger charge is -2.16. The fraction of sp³-hybridized carbons (Fsp3) is 0.278. The quantitative estimate of drug-likeness (QED) is 0.774. The first-order chi connectivity index (χ1) is 10.2. The molecule has 0 bridgehead atoms. The Balaban J connectivity index is 1.83. The summed E-state index contributed by atoms with van der Waals surface area (Å²) in [6, 6.07) is 15.2. The van der Waals surface area contributed by atoms with E-state index in [-0.39, 0.29) is 6.04 Å². The van der Waals surface area contributed by atoms with E-state index in [1.807, 2.05) is 13.8 Å². The minimum Gasteiger partial charge on any atom is -0.361 e. The molecule has 21 heavy (non-hydrogen) atoms. The molecule has 1 atom stereocenters. The first-order valence-electron chi connectivity index (χ1n) is 7.29. The third-order valence-electron chi connectivity index (χ3n) is 4.06. The lowest BCUT2D eigenvalue weighted by atomic mass is 9.99. The number of aryl methyl sites for hydroxylation is 2. The van der Waals surface area contributed by atoms with Gasteiger partial charge in [0.05, 0.1) is 5.69 Å². The second-order valence-electron chi connectivity index (χ2n) is 5.47. The second kappa shape index (κ2) is 5.70. The topological polar surface area (TPSA) is 38.1 Å². The van der Waals surface area contributed by atoms with Gasteiger partial charge in [-0.2, -0.15) is 0 Å². The molecule has 0 fully saturated rings. The standard InChI is InChI=1S/C18H20N2O/c1-12(19-11-18-13(2)20-21-14(18)3)16-10-6-8-15-7-4-5-9-17(15)16/h4-10,12,19H,11H2,1-3H3/t12-/m0/s1. The zero-order valence-electron chi connectivity index (χ0n) is 12.7. The molecule has 0 aliphatic heterocycles. The highest BCUT2D eigenvalue weighted by Crippen LogP contribution is 2.24. The van der Waals surface area contributed by atoms with Crippen molar-refractivity contribution in [3.63, 3.8) is 0 Å². The van der Waals surface area contributed by atoms with E-state index in [0.717, 1.165) is 23.6 Å². The van der Waals surface area contributed by atoms with Crippen LogP contribution in [0.5, 0.6) is 0 Å². The number of hydrogen-bond acceptors (Lipinski definition) is 3. The van der Waals surface area contributed by atoms with Crippen LogP contribution in [-0.2, 0) is 6.54 Å². The predicted octanol–water partition coefficient (Wildman–Crippen LogP) is 4.30. The van der Waals surface area contributed by atoms with Gasteiger partial charge < -0.3 is 9.84 Å². The smallest absolute Gasteiger partial charge is 0.138 e. The number of benzene rings is 2. The number of aromatic nitrogens is 1. The van der Waals surface area contributed by atoms with Crippen LogP contribution in [0.3, 0.4) is 0 Å². The first-order valence-corrected chi connectivity index (χ1v) is 7.29. The number of nitrogens with one attached hydrogen (secondary N) is 1. The summed E-state index contributed by atoms with van der Waals surface area (Å²) in [4.78, 5) is 0. The molecule has 0 amide bonds. The molecule has 2 aromatic carbocycles. The van der Waals surface area contributed by atoms with Gasteiger partial charge in [-0.25, -0.2) is 0 Å². The summed E-state index contributed by atoms with van der Waals surface area (Å²) in [6.45, 7) is 6.90. The Morgan fingerprint density at radius 2 is 1.86 bits per heavy atom. The summed E-state index contributed by atoms with van der Waals surface area (Å²) in [5.74, 6) is 0.894. The summed E-state index contributed by atoms with van der Waals surface area (Å²) in [5.41, 5.74) is 3.44. The van der Waals surface area contributed by atoms with Crippen LogP contribution in [-0.4, -0.2) is 5.16 Å². The molecule has 1 N–H and O–H groups in total. The summed E-state index contributed by atoms with van der Waals surface area (Å²) in [6.07, 6.45) is 0. The molecule has 3 heteroatoms. The van der Waals surface area contributed by atoms with Gasteiger partial charge in [-0.15, -0.1) is 0 Å². The molecule has 0 aliphatic carbocycles. The van der Waals surface area contributed by atoms with Crippen molar-refractivity contribution in [2.24, 2.45) is 0 Å². The molecule has 0 saturated heterocycles. The minimum absolute atomic E-state index is 0.268. The summed E-state index contributed by atoms with van der Waals surface area (Å²) < 4.78 is 5.21. The molecule has 0 aliphatic rings. The fourth-order valence-electron chi connectivity index (χ4n) is 2.75. The molecule has 108 valence electrons. The first kappa shape index (κ1) is 13.8. The Bertz CT molecular complexity index is 736. The van der Waals surface area contributed by atoms with Gasteiger partial charge in [0.2, 0.25) is 0 Å². The lowest BCUT2D eigenvalue weighted by molar-refractivity contribution is 0.391. The van der Waals surface area contributed by atoms with Crippen molar-refractivity contribution >= 4 is 10.8 Å². The van der Waals surface area contributed by atoms with Crippen molar-refractivity contribution in [1.29, 1.82) is 0 Å². The van der Waals surface area contributed by atoms with E-state index >= 15 is 0 Å². The van der Waals surface area contributed by atoms with Crippen molar-refractivity contribution in [2.45, 2.75) is 33.4 Å². The zero-order chi connectivity index (χ0) is 14.8. The van der Waals surface area contributed by atoms with E-state index in [0.29, 0.717) is 0 Å². The second-order valence-corrected chi connectivity index (χ2v) is 5.47. The van der Waals surface area contributed by atoms with Crippen LogP contribution in [0.2, 0.25) is 0 Å². The summed E-state index contributed by atoms with van der Waals surface area (Å²) in [7, 11) is 0. The predicted molar refractivity (Wildman–Crippen MR) is 85.2 cm³/mol. The molecule has 0 saturated carbocycles. The molecule has 3 nitrogen and oxygen atoms in total. The van der Waals surface area contributed by atoms with Gasteiger partial charge in [0.15, 0.2) is 0 Å². The van der Waals surface area contributed by atoms with E-state index in [1.165, 1.54) is 16.3 Å². The largest absolute Gasteiger partial charge is 0.361 e. The van der Waals surface area contributed by atoms with E-state index in [9.17, 15) is 0 Å². The molecule has 1 heterocycles. The highest BCUT2D eigenvalue weighted by Gasteiger charge is 2.12. The fourth-order valence-corrected chi connectivity index (χ4v) is 2.75. The van der Waals surface area contributed by atoms with E-state index < -0.39 is 0 Å². The van der Waals surface area contributed by atoms with Crippen LogP contribution >= 0.6 is 0 Å².